The maximum absolute atomic E-state index is 9.21. The monoisotopic (exact) mass is 320 g/mol. The summed E-state index contributed by atoms with van der Waals surface area (Å²) in [5.41, 5.74) is 4.54. The zero-order valence-corrected chi connectivity index (χ0v) is 12.7. The lowest BCUT2D eigenvalue weighted by atomic mass is 10.1. The molecule has 0 aliphatic rings. The van der Waals surface area contributed by atoms with Gasteiger partial charge in [0.1, 0.15) is 12.4 Å². The molecule has 0 aliphatic carbocycles. The Kier molecular flexibility index (Phi) is 4.61. The van der Waals surface area contributed by atoms with Crippen molar-refractivity contribution in [3.8, 4) is 5.75 Å². The molecule has 0 saturated carbocycles. The normalized spacial score (nSPS) is 10.5. The van der Waals surface area contributed by atoms with Crippen LogP contribution in [0.1, 0.15) is 22.3 Å². The minimum Gasteiger partial charge on any atom is -0.489 e. The van der Waals surface area contributed by atoms with Gasteiger partial charge in [0.05, 0.1) is 6.61 Å². The fraction of sp³-hybridized carbons (Fsp3) is 0.250. The standard InChI is InChI=1S/C16H17BrO2/c1-11-3-4-13(7-12(11)2)10-19-15-5-6-16(17)14(8-15)9-18/h3-8,18H,9-10H2,1-2H3. The first-order valence-corrected chi connectivity index (χ1v) is 6.97. The molecular formula is C16H17BrO2. The van der Waals surface area contributed by atoms with E-state index >= 15 is 0 Å². The van der Waals surface area contributed by atoms with Crippen LogP contribution in [0.15, 0.2) is 40.9 Å². The fourth-order valence-corrected chi connectivity index (χ4v) is 2.19. The number of aryl methyl sites for hydroxylation is 2. The Morgan fingerprint density at radius 1 is 1.05 bits per heavy atom. The van der Waals surface area contributed by atoms with Gasteiger partial charge in [-0.1, -0.05) is 34.1 Å². The summed E-state index contributed by atoms with van der Waals surface area (Å²) in [5, 5.41) is 9.21. The highest BCUT2D eigenvalue weighted by molar-refractivity contribution is 9.10. The molecular weight excluding hydrogens is 304 g/mol. The van der Waals surface area contributed by atoms with Crippen LogP contribution < -0.4 is 4.74 Å². The second kappa shape index (κ2) is 6.22. The molecule has 0 saturated heterocycles. The van der Waals surface area contributed by atoms with Gasteiger partial charge in [-0.25, -0.2) is 0 Å². The van der Waals surface area contributed by atoms with Crippen molar-refractivity contribution in [1.29, 1.82) is 0 Å². The number of ether oxygens (including phenoxy) is 1. The Morgan fingerprint density at radius 3 is 2.53 bits per heavy atom. The summed E-state index contributed by atoms with van der Waals surface area (Å²) < 4.78 is 6.65. The fourth-order valence-electron chi connectivity index (χ4n) is 1.82. The average molecular weight is 321 g/mol. The lowest BCUT2D eigenvalue weighted by Crippen LogP contribution is -1.97. The summed E-state index contributed by atoms with van der Waals surface area (Å²) in [7, 11) is 0. The van der Waals surface area contributed by atoms with Gasteiger partial charge in [-0.3, -0.25) is 0 Å². The third-order valence-electron chi connectivity index (χ3n) is 3.16. The van der Waals surface area contributed by atoms with Crippen LogP contribution in [0.3, 0.4) is 0 Å². The third kappa shape index (κ3) is 3.58. The second-order valence-electron chi connectivity index (χ2n) is 4.62. The summed E-state index contributed by atoms with van der Waals surface area (Å²) in [6.45, 7) is 4.74. The zero-order valence-electron chi connectivity index (χ0n) is 11.1. The highest BCUT2D eigenvalue weighted by atomic mass is 79.9. The first kappa shape index (κ1) is 14.1. The predicted octanol–water partition coefficient (Wildman–Crippen LogP) is 4.14. The molecule has 2 aromatic carbocycles. The van der Waals surface area contributed by atoms with Crippen molar-refractivity contribution in [2.75, 3.05) is 0 Å². The number of benzene rings is 2. The lowest BCUT2D eigenvalue weighted by molar-refractivity contribution is 0.277. The minimum absolute atomic E-state index is 0.00141. The summed E-state index contributed by atoms with van der Waals surface area (Å²) in [6.07, 6.45) is 0. The van der Waals surface area contributed by atoms with Crippen LogP contribution in [-0.2, 0) is 13.2 Å². The van der Waals surface area contributed by atoms with E-state index in [-0.39, 0.29) is 6.61 Å². The predicted molar refractivity (Wildman–Crippen MR) is 80.3 cm³/mol. The van der Waals surface area contributed by atoms with Crippen molar-refractivity contribution in [3.63, 3.8) is 0 Å². The Bertz CT molecular complexity index is 579. The van der Waals surface area contributed by atoms with Gasteiger partial charge in [0.2, 0.25) is 0 Å². The smallest absolute Gasteiger partial charge is 0.120 e. The third-order valence-corrected chi connectivity index (χ3v) is 3.94. The topological polar surface area (TPSA) is 29.5 Å². The van der Waals surface area contributed by atoms with Crippen molar-refractivity contribution in [3.05, 3.63) is 63.1 Å². The lowest BCUT2D eigenvalue weighted by Gasteiger charge is -2.10. The highest BCUT2D eigenvalue weighted by Crippen LogP contribution is 2.23. The van der Waals surface area contributed by atoms with E-state index in [1.807, 2.05) is 18.2 Å². The van der Waals surface area contributed by atoms with E-state index in [4.69, 9.17) is 4.74 Å². The van der Waals surface area contributed by atoms with Crippen LogP contribution in [0.2, 0.25) is 0 Å². The molecule has 0 fully saturated rings. The van der Waals surface area contributed by atoms with Crippen LogP contribution in [0, 0.1) is 13.8 Å². The molecule has 100 valence electrons. The quantitative estimate of drug-likeness (QED) is 0.917. The van der Waals surface area contributed by atoms with Gasteiger partial charge in [0.25, 0.3) is 0 Å². The van der Waals surface area contributed by atoms with E-state index in [2.05, 4.69) is 48.0 Å². The molecule has 0 heterocycles. The van der Waals surface area contributed by atoms with Crippen LogP contribution in [0.4, 0.5) is 0 Å². The molecule has 0 unspecified atom stereocenters. The van der Waals surface area contributed by atoms with Gasteiger partial charge >= 0.3 is 0 Å². The highest BCUT2D eigenvalue weighted by Gasteiger charge is 2.02. The zero-order chi connectivity index (χ0) is 13.8. The number of rotatable bonds is 4. The van der Waals surface area contributed by atoms with Gasteiger partial charge in [-0.2, -0.15) is 0 Å². The van der Waals surface area contributed by atoms with Crippen molar-refractivity contribution in [2.24, 2.45) is 0 Å². The average Bonchev–Trinajstić information content (AvgIpc) is 2.41. The molecule has 0 radical (unpaired) electrons. The molecule has 2 aromatic rings. The molecule has 3 heteroatoms. The Hall–Kier alpha value is -1.32. The van der Waals surface area contributed by atoms with Gasteiger partial charge in [0, 0.05) is 4.47 Å². The van der Waals surface area contributed by atoms with E-state index in [1.54, 1.807) is 0 Å². The molecule has 0 bridgehead atoms. The maximum atomic E-state index is 9.21. The molecule has 0 spiro atoms. The van der Waals surface area contributed by atoms with Crippen molar-refractivity contribution in [2.45, 2.75) is 27.1 Å². The van der Waals surface area contributed by atoms with Crippen molar-refractivity contribution >= 4 is 15.9 Å². The Balaban J connectivity index is 2.07. The number of halogens is 1. The number of hydrogen-bond donors (Lipinski definition) is 1. The second-order valence-corrected chi connectivity index (χ2v) is 5.47. The van der Waals surface area contributed by atoms with Crippen LogP contribution in [0.5, 0.6) is 5.75 Å². The largest absolute Gasteiger partial charge is 0.489 e. The van der Waals surface area contributed by atoms with Crippen molar-refractivity contribution in [1.82, 2.24) is 0 Å². The van der Waals surface area contributed by atoms with Gasteiger partial charge in [-0.15, -0.1) is 0 Å². The molecule has 0 amide bonds. The van der Waals surface area contributed by atoms with Gasteiger partial charge in [-0.05, 0) is 54.3 Å². The molecule has 0 aliphatic heterocycles. The van der Waals surface area contributed by atoms with Crippen molar-refractivity contribution < 1.29 is 9.84 Å². The Labute approximate surface area is 122 Å². The Morgan fingerprint density at radius 2 is 1.84 bits per heavy atom. The van der Waals surface area contributed by atoms with Crippen LogP contribution >= 0.6 is 15.9 Å². The summed E-state index contributed by atoms with van der Waals surface area (Å²) in [5.74, 6) is 0.769. The first-order valence-electron chi connectivity index (χ1n) is 6.18. The molecule has 19 heavy (non-hydrogen) atoms. The molecule has 2 rings (SSSR count). The summed E-state index contributed by atoms with van der Waals surface area (Å²) in [6, 6.07) is 12.0. The SMILES string of the molecule is Cc1ccc(COc2ccc(Br)c(CO)c2)cc1C. The van der Waals surface area contributed by atoms with E-state index in [9.17, 15) is 5.11 Å². The molecule has 0 aromatic heterocycles. The molecule has 0 atom stereocenters. The summed E-state index contributed by atoms with van der Waals surface area (Å²) in [4.78, 5) is 0. The van der Waals surface area contributed by atoms with E-state index in [0.29, 0.717) is 6.61 Å². The molecule has 2 nitrogen and oxygen atoms in total. The first-order chi connectivity index (χ1) is 9.10. The van der Waals surface area contributed by atoms with E-state index in [0.717, 1.165) is 21.3 Å². The number of aliphatic hydroxyl groups is 1. The summed E-state index contributed by atoms with van der Waals surface area (Å²) >= 11 is 3.39. The van der Waals surface area contributed by atoms with E-state index in [1.165, 1.54) is 11.1 Å². The van der Waals surface area contributed by atoms with E-state index < -0.39 is 0 Å². The van der Waals surface area contributed by atoms with Gasteiger partial charge in [0.15, 0.2) is 0 Å². The number of hydrogen-bond acceptors (Lipinski definition) is 2. The minimum atomic E-state index is 0.00141. The van der Waals surface area contributed by atoms with Gasteiger partial charge < -0.3 is 9.84 Å². The van der Waals surface area contributed by atoms with Crippen LogP contribution in [0.25, 0.3) is 0 Å². The number of aliphatic hydroxyl groups excluding tert-OH is 1. The van der Waals surface area contributed by atoms with Crippen LogP contribution in [-0.4, -0.2) is 5.11 Å². The molecule has 1 N–H and O–H groups in total. The maximum Gasteiger partial charge on any atom is 0.120 e.